The van der Waals surface area contributed by atoms with Crippen molar-refractivity contribution in [2.75, 3.05) is 13.2 Å². The molecule has 170 valence electrons. The number of ether oxygens (including phenoxy) is 1. The lowest BCUT2D eigenvalue weighted by molar-refractivity contribution is 0.0694. The molecule has 1 unspecified atom stereocenters. The van der Waals surface area contributed by atoms with Crippen LogP contribution in [0.5, 0.6) is 5.75 Å². The van der Waals surface area contributed by atoms with Crippen LogP contribution >= 0.6 is 11.6 Å². The van der Waals surface area contributed by atoms with Gasteiger partial charge in [0.15, 0.2) is 0 Å². The zero-order chi connectivity index (χ0) is 23.4. The topological polar surface area (TPSA) is 88.8 Å². The van der Waals surface area contributed by atoms with E-state index in [0.717, 1.165) is 0 Å². The van der Waals surface area contributed by atoms with E-state index in [0.29, 0.717) is 41.8 Å². The molecule has 0 aliphatic heterocycles. The number of fused-ring (bicyclic) bond motifs is 1. The summed E-state index contributed by atoms with van der Waals surface area (Å²) in [5.41, 5.74) is 0.386. The number of pyridine rings is 1. The van der Waals surface area contributed by atoms with Crippen molar-refractivity contribution < 1.29 is 24.1 Å². The van der Waals surface area contributed by atoms with Crippen LogP contribution in [0.2, 0.25) is 5.02 Å². The van der Waals surface area contributed by atoms with Gasteiger partial charge in [-0.3, -0.25) is 4.79 Å². The molecule has 0 aliphatic rings. The van der Waals surface area contributed by atoms with Gasteiger partial charge in [-0.15, -0.1) is 0 Å². The van der Waals surface area contributed by atoms with Gasteiger partial charge in [0.05, 0.1) is 17.1 Å². The van der Waals surface area contributed by atoms with Crippen LogP contribution in [0.25, 0.3) is 10.9 Å². The average Bonchev–Trinajstić information content (AvgIpc) is 2.76. The van der Waals surface area contributed by atoms with Crippen molar-refractivity contribution in [3.63, 3.8) is 0 Å². The first-order valence-corrected chi connectivity index (χ1v) is 10.8. The highest BCUT2D eigenvalue weighted by atomic mass is 35.5. The summed E-state index contributed by atoms with van der Waals surface area (Å²) in [4.78, 5) is 24.8. The highest BCUT2D eigenvalue weighted by Gasteiger charge is 2.21. The quantitative estimate of drug-likeness (QED) is 0.477. The fourth-order valence-electron chi connectivity index (χ4n) is 3.88. The summed E-state index contributed by atoms with van der Waals surface area (Å²) >= 11 is 5.91. The Balaban J connectivity index is 2.31. The Morgan fingerprint density at radius 3 is 2.62 bits per heavy atom. The third-order valence-corrected chi connectivity index (χ3v) is 5.78. The molecule has 3 aromatic rings. The van der Waals surface area contributed by atoms with Gasteiger partial charge in [-0.2, -0.15) is 0 Å². The molecule has 0 bridgehead atoms. The Kier molecular flexibility index (Phi) is 7.53. The van der Waals surface area contributed by atoms with Crippen LogP contribution < -0.4 is 10.2 Å². The van der Waals surface area contributed by atoms with Crippen LogP contribution in [0.3, 0.4) is 0 Å². The highest BCUT2D eigenvalue weighted by Crippen LogP contribution is 2.31. The van der Waals surface area contributed by atoms with Crippen LogP contribution in [-0.2, 0) is 6.42 Å². The SMILES string of the molecule is CCOc1cc2c(cc1Cc1cccc(Cl)c1F)c(=O)c(C(=O)O)cn2C(CC)CCO. The lowest BCUT2D eigenvalue weighted by atomic mass is 9.99. The summed E-state index contributed by atoms with van der Waals surface area (Å²) in [6, 6.07) is 7.72. The molecule has 0 radical (unpaired) electrons. The minimum absolute atomic E-state index is 0.00782. The molecule has 8 heteroatoms. The van der Waals surface area contributed by atoms with Gasteiger partial charge >= 0.3 is 5.97 Å². The first-order chi connectivity index (χ1) is 15.3. The standard InChI is InChI=1S/C24H25ClFNO5/c1-3-16(8-9-28)27-13-18(24(30)31)23(29)17-11-15(21(32-4-2)12-20(17)27)10-14-6-5-7-19(25)22(14)26/h5-7,11-13,16,28H,3-4,8-10H2,1-2H3,(H,30,31). The van der Waals surface area contributed by atoms with E-state index in [-0.39, 0.29) is 35.0 Å². The lowest BCUT2D eigenvalue weighted by Crippen LogP contribution is -2.22. The summed E-state index contributed by atoms with van der Waals surface area (Å²) in [6.07, 6.45) is 2.45. The number of carboxylic acids is 1. The number of halogens is 2. The normalized spacial score (nSPS) is 12.2. The van der Waals surface area contributed by atoms with Crippen LogP contribution in [-0.4, -0.2) is 34.0 Å². The first kappa shape index (κ1) is 23.8. The number of carbonyl (C=O) groups is 1. The van der Waals surface area contributed by atoms with Gasteiger partial charge in [0.25, 0.3) is 0 Å². The van der Waals surface area contributed by atoms with E-state index in [1.165, 1.54) is 12.3 Å². The molecule has 2 N–H and O–H groups in total. The fraction of sp³-hybridized carbons (Fsp3) is 0.333. The summed E-state index contributed by atoms with van der Waals surface area (Å²) in [5, 5.41) is 19.2. The molecule has 0 amide bonds. The number of benzene rings is 2. The van der Waals surface area contributed by atoms with E-state index in [1.807, 2.05) is 13.8 Å². The number of carboxylic acid groups (broad SMARTS) is 1. The zero-order valence-electron chi connectivity index (χ0n) is 17.9. The highest BCUT2D eigenvalue weighted by molar-refractivity contribution is 6.30. The third kappa shape index (κ3) is 4.64. The molecular weight excluding hydrogens is 437 g/mol. The van der Waals surface area contributed by atoms with E-state index in [2.05, 4.69) is 0 Å². The van der Waals surface area contributed by atoms with Gasteiger partial charge < -0.3 is 19.5 Å². The Morgan fingerprint density at radius 2 is 2.00 bits per heavy atom. The number of hydrogen-bond acceptors (Lipinski definition) is 4. The molecule has 1 aromatic heterocycles. The van der Waals surface area contributed by atoms with Gasteiger partial charge in [0, 0.05) is 36.7 Å². The number of aromatic carboxylic acids is 1. The van der Waals surface area contributed by atoms with Crippen LogP contribution in [0, 0.1) is 5.82 Å². The van der Waals surface area contributed by atoms with Gasteiger partial charge in [-0.25, -0.2) is 9.18 Å². The minimum atomic E-state index is -1.33. The largest absolute Gasteiger partial charge is 0.494 e. The number of nitrogens with zero attached hydrogens (tertiary/aromatic N) is 1. The Bertz CT molecular complexity index is 1210. The van der Waals surface area contributed by atoms with Crippen molar-refractivity contribution in [3.05, 3.63) is 74.3 Å². The van der Waals surface area contributed by atoms with Crippen LogP contribution in [0.1, 0.15) is 54.2 Å². The van der Waals surface area contributed by atoms with Gasteiger partial charge in [0.2, 0.25) is 5.43 Å². The average molecular weight is 462 g/mol. The molecule has 1 atom stereocenters. The summed E-state index contributed by atoms with van der Waals surface area (Å²) in [5.74, 6) is -1.42. The molecule has 6 nitrogen and oxygen atoms in total. The van der Waals surface area contributed by atoms with Crippen molar-refractivity contribution in [2.45, 2.75) is 39.2 Å². The molecule has 0 saturated carbocycles. The van der Waals surface area contributed by atoms with E-state index >= 15 is 0 Å². The number of aromatic nitrogens is 1. The number of aliphatic hydroxyl groups excluding tert-OH is 1. The summed E-state index contributed by atoms with van der Waals surface area (Å²) < 4.78 is 22.0. The number of hydrogen-bond donors (Lipinski definition) is 2. The Hall–Kier alpha value is -2.90. The lowest BCUT2D eigenvalue weighted by Gasteiger charge is -2.23. The maximum Gasteiger partial charge on any atom is 0.341 e. The molecule has 3 rings (SSSR count). The summed E-state index contributed by atoms with van der Waals surface area (Å²) in [7, 11) is 0. The molecule has 0 fully saturated rings. The third-order valence-electron chi connectivity index (χ3n) is 5.48. The van der Waals surface area contributed by atoms with E-state index < -0.39 is 17.2 Å². The van der Waals surface area contributed by atoms with Crippen LogP contribution in [0.4, 0.5) is 4.39 Å². The van der Waals surface area contributed by atoms with Crippen molar-refractivity contribution in [1.29, 1.82) is 0 Å². The van der Waals surface area contributed by atoms with Gasteiger partial charge in [-0.1, -0.05) is 30.7 Å². The smallest absolute Gasteiger partial charge is 0.341 e. The second-order valence-electron chi connectivity index (χ2n) is 7.46. The monoisotopic (exact) mass is 461 g/mol. The maximum atomic E-state index is 14.5. The van der Waals surface area contributed by atoms with Crippen molar-refractivity contribution in [2.24, 2.45) is 0 Å². The maximum absolute atomic E-state index is 14.5. The van der Waals surface area contributed by atoms with Gasteiger partial charge in [0.1, 0.15) is 17.1 Å². The number of aliphatic hydroxyl groups is 1. The second-order valence-corrected chi connectivity index (χ2v) is 7.87. The van der Waals surface area contributed by atoms with E-state index in [4.69, 9.17) is 16.3 Å². The van der Waals surface area contributed by atoms with Crippen LogP contribution in [0.15, 0.2) is 41.3 Å². The van der Waals surface area contributed by atoms with E-state index in [9.17, 15) is 24.2 Å². The second kappa shape index (κ2) is 10.1. The predicted octanol–water partition coefficient (Wildman–Crippen LogP) is 4.82. The van der Waals surface area contributed by atoms with E-state index in [1.54, 1.807) is 28.8 Å². The predicted molar refractivity (Wildman–Crippen MR) is 122 cm³/mol. The minimum Gasteiger partial charge on any atom is -0.494 e. The fourth-order valence-corrected chi connectivity index (χ4v) is 4.08. The first-order valence-electron chi connectivity index (χ1n) is 10.4. The molecule has 0 aliphatic carbocycles. The van der Waals surface area contributed by atoms with Crippen molar-refractivity contribution in [1.82, 2.24) is 4.57 Å². The molecule has 0 spiro atoms. The van der Waals surface area contributed by atoms with Crippen molar-refractivity contribution >= 4 is 28.5 Å². The van der Waals surface area contributed by atoms with Gasteiger partial charge in [-0.05, 0) is 43.0 Å². The molecular formula is C24H25ClFNO5. The molecule has 1 heterocycles. The molecule has 32 heavy (non-hydrogen) atoms. The van der Waals surface area contributed by atoms with Crippen molar-refractivity contribution in [3.8, 4) is 5.75 Å². The zero-order valence-corrected chi connectivity index (χ0v) is 18.7. The number of rotatable bonds is 9. The summed E-state index contributed by atoms with van der Waals surface area (Å²) in [6.45, 7) is 4.00. The Morgan fingerprint density at radius 1 is 1.25 bits per heavy atom. The molecule has 0 saturated heterocycles. The Labute approximate surface area is 189 Å². The molecule has 2 aromatic carbocycles.